The summed E-state index contributed by atoms with van der Waals surface area (Å²) in [6, 6.07) is 13.5. The van der Waals surface area contributed by atoms with E-state index in [1.165, 1.54) is 6.42 Å². The normalized spacial score (nSPS) is 13.5. The van der Waals surface area contributed by atoms with Gasteiger partial charge >= 0.3 is 0 Å². The highest BCUT2D eigenvalue weighted by Crippen LogP contribution is 2.28. The minimum absolute atomic E-state index is 0.250. The summed E-state index contributed by atoms with van der Waals surface area (Å²) in [4.78, 5) is 17.2. The predicted octanol–water partition coefficient (Wildman–Crippen LogP) is 3.80. The Kier molecular flexibility index (Phi) is 4.87. The van der Waals surface area contributed by atoms with Gasteiger partial charge in [-0.1, -0.05) is 24.6 Å². The maximum Gasteiger partial charge on any atom is 0.277 e. The van der Waals surface area contributed by atoms with Gasteiger partial charge in [0.25, 0.3) is 5.91 Å². The van der Waals surface area contributed by atoms with Crippen molar-refractivity contribution >= 4 is 11.7 Å². The van der Waals surface area contributed by atoms with Crippen LogP contribution < -0.4 is 10.1 Å². The van der Waals surface area contributed by atoms with Crippen molar-refractivity contribution in [3.8, 4) is 11.4 Å². The first-order valence-corrected chi connectivity index (χ1v) is 9.24. The van der Waals surface area contributed by atoms with Crippen LogP contribution in [0.1, 0.15) is 41.0 Å². The lowest BCUT2D eigenvalue weighted by molar-refractivity contribution is 0.102. The van der Waals surface area contributed by atoms with E-state index < -0.39 is 0 Å². The average molecular weight is 362 g/mol. The quantitative estimate of drug-likeness (QED) is 0.717. The Bertz CT molecular complexity index is 950. The van der Waals surface area contributed by atoms with Crippen LogP contribution in [0.3, 0.4) is 0 Å². The van der Waals surface area contributed by atoms with Crippen LogP contribution in [0.2, 0.25) is 0 Å². The van der Waals surface area contributed by atoms with Crippen molar-refractivity contribution in [3.05, 3.63) is 65.6 Å². The number of rotatable bonds is 4. The molecule has 0 aliphatic heterocycles. The Morgan fingerprint density at radius 2 is 1.89 bits per heavy atom. The van der Waals surface area contributed by atoms with Crippen molar-refractivity contribution < 1.29 is 9.53 Å². The molecule has 27 heavy (non-hydrogen) atoms. The summed E-state index contributed by atoms with van der Waals surface area (Å²) in [6.45, 7) is 0. The molecule has 0 bridgehead atoms. The summed E-state index contributed by atoms with van der Waals surface area (Å²) in [5.41, 5.74) is 3.63. The summed E-state index contributed by atoms with van der Waals surface area (Å²) in [7, 11) is 1.56. The fourth-order valence-corrected chi connectivity index (χ4v) is 3.56. The molecule has 2 aromatic heterocycles. The minimum Gasteiger partial charge on any atom is -0.493 e. The Balaban J connectivity index is 1.74. The second-order valence-electron chi connectivity index (χ2n) is 6.59. The standard InChI is InChI=1S/C21H22N4O2/c1-27-18-13-8-14-22-20(18)23-21(26)19-16-11-6-3-7-12-17(16)25(24-19)15-9-4-2-5-10-15/h2,4-5,8-10,13-14H,3,6-7,11-12H2,1H3,(H,22,23,26). The zero-order valence-electron chi connectivity index (χ0n) is 15.3. The minimum atomic E-state index is -0.250. The molecule has 1 aliphatic carbocycles. The molecule has 0 spiro atoms. The second-order valence-corrected chi connectivity index (χ2v) is 6.59. The van der Waals surface area contributed by atoms with Gasteiger partial charge in [0.1, 0.15) is 0 Å². The maximum absolute atomic E-state index is 13.0. The van der Waals surface area contributed by atoms with E-state index in [-0.39, 0.29) is 5.91 Å². The Morgan fingerprint density at radius 3 is 2.70 bits per heavy atom. The van der Waals surface area contributed by atoms with Crippen molar-refractivity contribution in [2.24, 2.45) is 0 Å². The molecule has 138 valence electrons. The first-order valence-electron chi connectivity index (χ1n) is 9.24. The number of anilines is 1. The number of fused-ring (bicyclic) bond motifs is 1. The van der Waals surface area contributed by atoms with Gasteiger partial charge in [0.15, 0.2) is 17.3 Å². The molecule has 0 saturated carbocycles. The van der Waals surface area contributed by atoms with Crippen LogP contribution in [0, 0.1) is 0 Å². The number of amides is 1. The van der Waals surface area contributed by atoms with Crippen LogP contribution in [-0.4, -0.2) is 27.8 Å². The zero-order valence-corrected chi connectivity index (χ0v) is 15.3. The van der Waals surface area contributed by atoms with Crippen molar-refractivity contribution in [2.75, 3.05) is 12.4 Å². The molecule has 0 fully saturated rings. The first-order chi connectivity index (χ1) is 13.3. The van der Waals surface area contributed by atoms with E-state index >= 15 is 0 Å². The van der Waals surface area contributed by atoms with Gasteiger partial charge in [-0.2, -0.15) is 5.10 Å². The van der Waals surface area contributed by atoms with Gasteiger partial charge < -0.3 is 10.1 Å². The van der Waals surface area contributed by atoms with Gasteiger partial charge in [-0.15, -0.1) is 0 Å². The van der Waals surface area contributed by atoms with E-state index in [1.807, 2.05) is 35.0 Å². The van der Waals surface area contributed by atoms with E-state index in [0.29, 0.717) is 17.3 Å². The van der Waals surface area contributed by atoms with E-state index in [4.69, 9.17) is 9.84 Å². The number of pyridine rings is 1. The van der Waals surface area contributed by atoms with Crippen molar-refractivity contribution in [1.29, 1.82) is 0 Å². The van der Waals surface area contributed by atoms with Crippen LogP contribution >= 0.6 is 0 Å². The molecule has 6 nitrogen and oxygen atoms in total. The summed E-state index contributed by atoms with van der Waals surface area (Å²) < 4.78 is 7.21. The molecular weight excluding hydrogens is 340 g/mol. The third kappa shape index (κ3) is 3.43. The fourth-order valence-electron chi connectivity index (χ4n) is 3.56. The number of nitrogens with zero attached hydrogens (tertiary/aromatic N) is 3. The van der Waals surface area contributed by atoms with E-state index in [2.05, 4.69) is 10.3 Å². The predicted molar refractivity (Wildman–Crippen MR) is 104 cm³/mol. The molecule has 3 aromatic rings. The van der Waals surface area contributed by atoms with Gasteiger partial charge in [0, 0.05) is 17.5 Å². The number of methoxy groups -OCH3 is 1. The number of nitrogens with one attached hydrogen (secondary N) is 1. The Hall–Kier alpha value is -3.15. The lowest BCUT2D eigenvalue weighted by Gasteiger charge is -2.08. The Labute approximate surface area is 158 Å². The molecular formula is C21H22N4O2. The molecule has 1 aliphatic rings. The lowest BCUT2D eigenvalue weighted by Crippen LogP contribution is -2.16. The molecule has 4 rings (SSSR count). The fraction of sp³-hybridized carbons (Fsp3) is 0.286. The third-order valence-electron chi connectivity index (χ3n) is 4.87. The smallest absolute Gasteiger partial charge is 0.277 e. The topological polar surface area (TPSA) is 69.0 Å². The van der Waals surface area contributed by atoms with E-state index in [9.17, 15) is 4.79 Å². The molecule has 1 aromatic carbocycles. The molecule has 0 saturated heterocycles. The van der Waals surface area contributed by atoms with E-state index in [1.54, 1.807) is 25.4 Å². The SMILES string of the molecule is COc1cccnc1NC(=O)c1nn(-c2ccccc2)c2c1CCCCC2. The number of carbonyl (C=O) groups excluding carboxylic acids is 1. The van der Waals surface area contributed by atoms with Crippen molar-refractivity contribution in [2.45, 2.75) is 32.1 Å². The number of aromatic nitrogens is 3. The summed E-state index contributed by atoms with van der Waals surface area (Å²) in [5, 5.41) is 7.55. The maximum atomic E-state index is 13.0. The van der Waals surface area contributed by atoms with Crippen LogP contribution in [-0.2, 0) is 12.8 Å². The molecule has 0 radical (unpaired) electrons. The number of hydrogen-bond acceptors (Lipinski definition) is 4. The molecule has 6 heteroatoms. The van der Waals surface area contributed by atoms with Gasteiger partial charge in [-0.3, -0.25) is 4.79 Å². The van der Waals surface area contributed by atoms with Crippen molar-refractivity contribution in [3.63, 3.8) is 0 Å². The third-order valence-corrected chi connectivity index (χ3v) is 4.87. The van der Waals surface area contributed by atoms with Crippen LogP contribution in [0.5, 0.6) is 5.75 Å². The zero-order chi connectivity index (χ0) is 18.6. The molecule has 2 heterocycles. The summed E-state index contributed by atoms with van der Waals surface area (Å²) in [6.07, 6.45) is 6.77. The van der Waals surface area contributed by atoms with Crippen molar-refractivity contribution in [1.82, 2.24) is 14.8 Å². The Morgan fingerprint density at radius 1 is 1.07 bits per heavy atom. The first kappa shape index (κ1) is 17.3. The summed E-state index contributed by atoms with van der Waals surface area (Å²) in [5.74, 6) is 0.681. The highest BCUT2D eigenvalue weighted by molar-refractivity contribution is 6.04. The number of hydrogen-bond donors (Lipinski definition) is 1. The average Bonchev–Trinajstić information content (AvgIpc) is 2.90. The van der Waals surface area contributed by atoms with Crippen LogP contribution in [0.4, 0.5) is 5.82 Å². The molecule has 0 atom stereocenters. The second kappa shape index (κ2) is 7.61. The highest BCUT2D eigenvalue weighted by atomic mass is 16.5. The van der Waals surface area contributed by atoms with Gasteiger partial charge in [-0.05, 0) is 49.9 Å². The van der Waals surface area contributed by atoms with Gasteiger partial charge in [0.2, 0.25) is 0 Å². The largest absolute Gasteiger partial charge is 0.493 e. The number of ether oxygens (including phenoxy) is 1. The van der Waals surface area contributed by atoms with Gasteiger partial charge in [-0.25, -0.2) is 9.67 Å². The number of carbonyl (C=O) groups is 1. The molecule has 0 unspecified atom stereocenters. The number of para-hydroxylation sites is 1. The van der Waals surface area contributed by atoms with Crippen LogP contribution in [0.15, 0.2) is 48.7 Å². The van der Waals surface area contributed by atoms with Crippen LogP contribution in [0.25, 0.3) is 5.69 Å². The number of benzene rings is 1. The van der Waals surface area contributed by atoms with E-state index in [0.717, 1.165) is 42.6 Å². The molecule has 1 amide bonds. The highest BCUT2D eigenvalue weighted by Gasteiger charge is 2.25. The monoisotopic (exact) mass is 362 g/mol. The lowest BCUT2D eigenvalue weighted by atomic mass is 10.1. The van der Waals surface area contributed by atoms with Gasteiger partial charge in [0.05, 0.1) is 12.8 Å². The molecule has 1 N–H and O–H groups in total. The summed E-state index contributed by atoms with van der Waals surface area (Å²) >= 11 is 0.